The fourth-order valence-electron chi connectivity index (χ4n) is 1.78. The van der Waals surface area contributed by atoms with E-state index < -0.39 is 0 Å². The van der Waals surface area contributed by atoms with E-state index in [1.165, 1.54) is 19.2 Å². The second kappa shape index (κ2) is 10.5. The molecule has 25 heavy (non-hydrogen) atoms. The van der Waals surface area contributed by atoms with E-state index in [1.807, 2.05) is 0 Å². The average molecular weight is 344 g/mol. The van der Waals surface area contributed by atoms with E-state index in [2.05, 4.69) is 6.58 Å². The molecule has 0 fully saturated rings. The van der Waals surface area contributed by atoms with Gasteiger partial charge in [0, 0.05) is 0 Å². The van der Waals surface area contributed by atoms with Crippen LogP contribution < -0.4 is 14.2 Å². The lowest BCUT2D eigenvalue weighted by Gasteiger charge is -2.07. The molecule has 0 heterocycles. The molecular weight excluding hydrogens is 324 g/mol. The molecule has 132 valence electrons. The molecule has 0 aliphatic carbocycles. The summed E-state index contributed by atoms with van der Waals surface area (Å²) in [5, 5.41) is 9.04. The number of benzene rings is 2. The van der Waals surface area contributed by atoms with Crippen LogP contribution in [0.25, 0.3) is 0 Å². The predicted molar refractivity (Wildman–Crippen MR) is 94.1 cm³/mol. The molecule has 6 heteroatoms. The number of methoxy groups -OCH3 is 2. The van der Waals surface area contributed by atoms with Crippen molar-refractivity contribution in [2.75, 3.05) is 20.8 Å². The Kier molecular flexibility index (Phi) is 8.29. The van der Waals surface area contributed by atoms with Crippen LogP contribution in [0.4, 0.5) is 0 Å². The van der Waals surface area contributed by atoms with Gasteiger partial charge < -0.3 is 19.3 Å². The number of carbonyl (C=O) groups excluding carboxylic acids is 2. The first-order chi connectivity index (χ1) is 12.1. The van der Waals surface area contributed by atoms with Crippen LogP contribution in [0.15, 0.2) is 49.1 Å². The molecule has 6 nitrogen and oxygen atoms in total. The van der Waals surface area contributed by atoms with Crippen molar-refractivity contribution in [2.45, 2.75) is 0 Å². The lowest BCUT2D eigenvalue weighted by atomic mass is 10.2. The van der Waals surface area contributed by atoms with E-state index in [-0.39, 0.29) is 11.3 Å². The van der Waals surface area contributed by atoms with Crippen LogP contribution >= 0.6 is 0 Å². The lowest BCUT2D eigenvalue weighted by molar-refractivity contribution is 0.111. The van der Waals surface area contributed by atoms with Crippen LogP contribution in [-0.2, 0) is 0 Å². The van der Waals surface area contributed by atoms with Crippen molar-refractivity contribution >= 4 is 12.6 Å². The summed E-state index contributed by atoms with van der Waals surface area (Å²) in [7, 11) is 3.05. The standard InChI is InChI=1S/C11H12O3.C8H8O3/c1-3-6-14-11-5-4-10(13-2)7-9(11)8-12;1-11-7-2-3-8(10)6(4-7)5-9/h3-5,7-8H,1,6H2,2H3;2-5,10H,1H3. The van der Waals surface area contributed by atoms with Gasteiger partial charge >= 0.3 is 0 Å². The van der Waals surface area contributed by atoms with E-state index >= 15 is 0 Å². The summed E-state index contributed by atoms with van der Waals surface area (Å²) in [6.07, 6.45) is 2.94. The molecule has 1 N–H and O–H groups in total. The zero-order valence-corrected chi connectivity index (χ0v) is 14.1. The minimum Gasteiger partial charge on any atom is -0.507 e. The van der Waals surface area contributed by atoms with E-state index in [1.54, 1.807) is 37.5 Å². The summed E-state index contributed by atoms with van der Waals surface area (Å²) >= 11 is 0. The van der Waals surface area contributed by atoms with Crippen molar-refractivity contribution in [3.8, 4) is 23.0 Å². The zero-order valence-electron chi connectivity index (χ0n) is 14.1. The first kappa shape index (κ1) is 19.8. The number of aromatic hydroxyl groups is 1. The van der Waals surface area contributed by atoms with E-state index in [0.717, 1.165) is 6.29 Å². The van der Waals surface area contributed by atoms with Crippen molar-refractivity contribution < 1.29 is 28.9 Å². The smallest absolute Gasteiger partial charge is 0.153 e. The van der Waals surface area contributed by atoms with Crippen LogP contribution in [0.2, 0.25) is 0 Å². The van der Waals surface area contributed by atoms with E-state index in [9.17, 15) is 9.59 Å². The number of hydrogen-bond donors (Lipinski definition) is 1. The monoisotopic (exact) mass is 344 g/mol. The zero-order chi connectivity index (χ0) is 18.7. The van der Waals surface area contributed by atoms with Crippen molar-refractivity contribution in [2.24, 2.45) is 0 Å². The Bertz CT molecular complexity index is 724. The molecule has 2 aromatic carbocycles. The Morgan fingerprint density at radius 1 is 0.960 bits per heavy atom. The number of phenols is 1. The van der Waals surface area contributed by atoms with Gasteiger partial charge in [0.1, 0.15) is 29.6 Å². The first-order valence-electron chi connectivity index (χ1n) is 7.28. The van der Waals surface area contributed by atoms with Crippen molar-refractivity contribution in [3.63, 3.8) is 0 Å². The number of phenolic OH excluding ortho intramolecular Hbond substituents is 1. The Balaban J connectivity index is 0.000000257. The highest BCUT2D eigenvalue weighted by atomic mass is 16.5. The molecule has 0 radical (unpaired) electrons. The van der Waals surface area contributed by atoms with E-state index in [0.29, 0.717) is 35.7 Å². The molecule has 0 atom stereocenters. The summed E-state index contributed by atoms with van der Waals surface area (Å²) in [4.78, 5) is 21.0. The van der Waals surface area contributed by atoms with Gasteiger partial charge in [0.05, 0.1) is 25.3 Å². The predicted octanol–water partition coefficient (Wildman–Crippen LogP) is 3.29. The topological polar surface area (TPSA) is 82.1 Å². The molecule has 0 aromatic heterocycles. The third-order valence-electron chi connectivity index (χ3n) is 3.06. The maximum atomic E-state index is 10.7. The van der Waals surface area contributed by atoms with Gasteiger partial charge in [-0.3, -0.25) is 9.59 Å². The highest BCUT2D eigenvalue weighted by molar-refractivity contribution is 5.80. The Morgan fingerprint density at radius 3 is 2.04 bits per heavy atom. The summed E-state index contributed by atoms with van der Waals surface area (Å²) in [6.45, 7) is 3.91. The second-order valence-electron chi connectivity index (χ2n) is 4.66. The van der Waals surface area contributed by atoms with E-state index in [4.69, 9.17) is 19.3 Å². The Hall–Kier alpha value is -3.28. The molecule has 0 aliphatic rings. The third-order valence-corrected chi connectivity index (χ3v) is 3.06. The fraction of sp³-hybridized carbons (Fsp3) is 0.158. The second-order valence-corrected chi connectivity index (χ2v) is 4.66. The van der Waals surface area contributed by atoms with Crippen LogP contribution in [0.5, 0.6) is 23.0 Å². The van der Waals surface area contributed by atoms with Gasteiger partial charge in [0.2, 0.25) is 0 Å². The quantitative estimate of drug-likeness (QED) is 0.613. The van der Waals surface area contributed by atoms with Gasteiger partial charge in [0.15, 0.2) is 12.6 Å². The minimum atomic E-state index is -0.0270. The fourth-order valence-corrected chi connectivity index (χ4v) is 1.78. The number of hydrogen-bond acceptors (Lipinski definition) is 6. The summed E-state index contributed by atoms with van der Waals surface area (Å²) in [5.41, 5.74) is 0.718. The van der Waals surface area contributed by atoms with Gasteiger partial charge in [-0.2, -0.15) is 0 Å². The summed E-state index contributed by atoms with van der Waals surface area (Å²) in [5.74, 6) is 1.71. The molecule has 0 amide bonds. The Labute approximate surface area is 146 Å². The molecule has 0 spiro atoms. The van der Waals surface area contributed by atoms with Crippen molar-refractivity contribution in [3.05, 3.63) is 60.2 Å². The minimum absolute atomic E-state index is 0.0270. The first-order valence-corrected chi connectivity index (χ1v) is 7.28. The third kappa shape index (κ3) is 6.02. The lowest BCUT2D eigenvalue weighted by Crippen LogP contribution is -1.97. The number of aldehydes is 2. The summed E-state index contributed by atoms with van der Waals surface area (Å²) < 4.78 is 15.1. The SMILES string of the molecule is C=CCOc1ccc(OC)cc1C=O.COc1ccc(O)c(C=O)c1. The normalized spacial score (nSPS) is 9.20. The molecule has 0 unspecified atom stereocenters. The molecule has 2 rings (SSSR count). The van der Waals surface area contributed by atoms with Crippen molar-refractivity contribution in [1.29, 1.82) is 0 Å². The molecular formula is C19H20O6. The van der Waals surface area contributed by atoms with Crippen LogP contribution in [-0.4, -0.2) is 38.5 Å². The van der Waals surface area contributed by atoms with Crippen LogP contribution in [0.1, 0.15) is 20.7 Å². The number of carbonyl (C=O) groups is 2. The average Bonchev–Trinajstić information content (AvgIpc) is 2.67. The van der Waals surface area contributed by atoms with Gasteiger partial charge in [-0.15, -0.1) is 0 Å². The van der Waals surface area contributed by atoms with Gasteiger partial charge in [-0.1, -0.05) is 12.7 Å². The molecule has 0 bridgehead atoms. The van der Waals surface area contributed by atoms with Gasteiger partial charge in [-0.25, -0.2) is 0 Å². The number of rotatable bonds is 7. The van der Waals surface area contributed by atoms with Crippen molar-refractivity contribution in [1.82, 2.24) is 0 Å². The van der Waals surface area contributed by atoms with Crippen LogP contribution in [0, 0.1) is 0 Å². The molecule has 0 saturated heterocycles. The Morgan fingerprint density at radius 2 is 1.52 bits per heavy atom. The summed E-state index contributed by atoms with van der Waals surface area (Å²) in [6, 6.07) is 9.55. The molecule has 2 aromatic rings. The number of ether oxygens (including phenoxy) is 3. The highest BCUT2D eigenvalue weighted by Crippen LogP contribution is 2.22. The largest absolute Gasteiger partial charge is 0.507 e. The van der Waals surface area contributed by atoms with Gasteiger partial charge in [-0.05, 0) is 36.4 Å². The highest BCUT2D eigenvalue weighted by Gasteiger charge is 2.03. The molecule has 0 saturated carbocycles. The molecule has 0 aliphatic heterocycles. The maximum absolute atomic E-state index is 10.7. The maximum Gasteiger partial charge on any atom is 0.153 e. The van der Waals surface area contributed by atoms with Gasteiger partial charge in [0.25, 0.3) is 0 Å². The van der Waals surface area contributed by atoms with Crippen LogP contribution in [0.3, 0.4) is 0 Å².